The van der Waals surface area contributed by atoms with E-state index < -0.39 is 5.97 Å². The summed E-state index contributed by atoms with van der Waals surface area (Å²) in [5, 5.41) is 9.30. The predicted molar refractivity (Wildman–Crippen MR) is 102 cm³/mol. The summed E-state index contributed by atoms with van der Waals surface area (Å²) in [5.74, 6) is -0.0964. The van der Waals surface area contributed by atoms with Crippen molar-refractivity contribution in [2.75, 3.05) is 11.9 Å². The van der Waals surface area contributed by atoms with Crippen LogP contribution in [-0.2, 0) is 22.5 Å². The number of hydrogen-bond acceptors (Lipinski definition) is 6. The first-order valence-electron chi connectivity index (χ1n) is 8.77. The molecule has 0 aromatic carbocycles. The zero-order valence-corrected chi connectivity index (χ0v) is 16.8. The average molecular weight is 378 g/mol. The van der Waals surface area contributed by atoms with Crippen LogP contribution in [0.5, 0.6) is 0 Å². The lowest BCUT2D eigenvalue weighted by atomic mass is 10.1. The number of hydrogen-bond donors (Lipinski definition) is 1. The van der Waals surface area contributed by atoms with Crippen molar-refractivity contribution in [1.29, 1.82) is 0 Å². The Balaban J connectivity index is 1.93. The van der Waals surface area contributed by atoms with Gasteiger partial charge in [0.1, 0.15) is 0 Å². The zero-order chi connectivity index (χ0) is 19.3. The Hall–Kier alpha value is -2.22. The summed E-state index contributed by atoms with van der Waals surface area (Å²) in [6.07, 6.45) is 0.959. The minimum atomic E-state index is -0.479. The van der Waals surface area contributed by atoms with Gasteiger partial charge < -0.3 is 10.1 Å². The van der Waals surface area contributed by atoms with Crippen LogP contribution in [0.4, 0.5) is 5.13 Å². The maximum Gasteiger partial charge on any atom is 0.357 e. The molecule has 0 spiro atoms. The number of carbonyl (C=O) groups is 2. The van der Waals surface area contributed by atoms with Crippen molar-refractivity contribution in [1.82, 2.24) is 14.8 Å². The number of amides is 1. The standard InChI is InChI=1S/C18H26N4O3S/c1-6-25-17(24)15-10-26-18(19-15)20-16(23)8-7-14-12(4)21-22(13(14)5)9-11(2)3/h10-11H,6-9H2,1-5H3,(H,19,20,23). The SMILES string of the molecule is CCOC(=O)c1csc(NC(=O)CCc2c(C)nn(CC(C)C)c2C)n1. The van der Waals surface area contributed by atoms with Crippen molar-refractivity contribution in [3.63, 3.8) is 0 Å². The molecule has 0 saturated carbocycles. The molecular weight excluding hydrogens is 352 g/mol. The monoisotopic (exact) mass is 378 g/mol. The first kappa shape index (κ1) is 20.1. The fraction of sp³-hybridized carbons (Fsp3) is 0.556. The number of thiazole rings is 1. The second-order valence-corrected chi connectivity index (χ2v) is 7.39. The molecule has 0 aliphatic rings. The molecule has 1 N–H and O–H groups in total. The molecular formula is C18H26N4O3S. The molecule has 2 aromatic rings. The van der Waals surface area contributed by atoms with Crippen LogP contribution in [0.1, 0.15) is 54.6 Å². The number of aromatic nitrogens is 3. The largest absolute Gasteiger partial charge is 0.461 e. The third-order valence-corrected chi connectivity index (χ3v) is 4.66. The molecule has 0 atom stereocenters. The molecule has 8 heteroatoms. The van der Waals surface area contributed by atoms with Crippen LogP contribution in [0.15, 0.2) is 5.38 Å². The summed E-state index contributed by atoms with van der Waals surface area (Å²) in [6.45, 7) is 11.2. The van der Waals surface area contributed by atoms with E-state index in [1.807, 2.05) is 18.5 Å². The van der Waals surface area contributed by atoms with Crippen LogP contribution in [0.2, 0.25) is 0 Å². The summed E-state index contributed by atoms with van der Waals surface area (Å²) in [5.41, 5.74) is 3.42. The van der Waals surface area contributed by atoms with Gasteiger partial charge in [0.25, 0.3) is 0 Å². The summed E-state index contributed by atoms with van der Waals surface area (Å²) in [7, 11) is 0. The van der Waals surface area contributed by atoms with Gasteiger partial charge in [-0.25, -0.2) is 9.78 Å². The smallest absolute Gasteiger partial charge is 0.357 e. The molecule has 7 nitrogen and oxygen atoms in total. The molecule has 0 unspecified atom stereocenters. The third-order valence-electron chi connectivity index (χ3n) is 3.91. The van der Waals surface area contributed by atoms with E-state index in [1.165, 1.54) is 11.3 Å². The molecule has 2 rings (SSSR count). The summed E-state index contributed by atoms with van der Waals surface area (Å²) in [4.78, 5) is 27.9. The summed E-state index contributed by atoms with van der Waals surface area (Å²) < 4.78 is 6.90. The molecule has 0 fully saturated rings. The van der Waals surface area contributed by atoms with E-state index in [9.17, 15) is 9.59 Å². The Labute approximate surface area is 157 Å². The Kier molecular flexibility index (Phi) is 6.90. The van der Waals surface area contributed by atoms with Gasteiger partial charge in [0, 0.05) is 24.0 Å². The van der Waals surface area contributed by atoms with Crippen molar-refractivity contribution in [3.8, 4) is 0 Å². The molecule has 2 heterocycles. The van der Waals surface area contributed by atoms with Gasteiger partial charge in [-0.15, -0.1) is 11.3 Å². The second-order valence-electron chi connectivity index (χ2n) is 6.53. The van der Waals surface area contributed by atoms with Gasteiger partial charge in [0.05, 0.1) is 12.3 Å². The van der Waals surface area contributed by atoms with E-state index in [4.69, 9.17) is 4.74 Å². The van der Waals surface area contributed by atoms with Gasteiger partial charge in [0.2, 0.25) is 5.91 Å². The fourth-order valence-corrected chi connectivity index (χ4v) is 3.37. The zero-order valence-electron chi connectivity index (χ0n) is 16.0. The molecule has 26 heavy (non-hydrogen) atoms. The number of nitrogens with zero attached hydrogens (tertiary/aromatic N) is 3. The van der Waals surface area contributed by atoms with Gasteiger partial charge in [-0.3, -0.25) is 9.48 Å². The fourth-order valence-electron chi connectivity index (χ4n) is 2.67. The lowest BCUT2D eigenvalue weighted by Crippen LogP contribution is -2.13. The maximum absolute atomic E-state index is 12.2. The summed E-state index contributed by atoms with van der Waals surface area (Å²) >= 11 is 1.21. The first-order valence-corrected chi connectivity index (χ1v) is 9.65. The van der Waals surface area contributed by atoms with Gasteiger partial charge in [-0.2, -0.15) is 5.10 Å². The predicted octanol–water partition coefficient (Wildman–Crippen LogP) is 3.36. The van der Waals surface area contributed by atoms with Crippen molar-refractivity contribution in [3.05, 3.63) is 28.0 Å². The highest BCUT2D eigenvalue weighted by molar-refractivity contribution is 7.14. The normalized spacial score (nSPS) is 11.0. The van der Waals surface area contributed by atoms with E-state index in [1.54, 1.807) is 12.3 Å². The van der Waals surface area contributed by atoms with E-state index in [0.29, 0.717) is 30.5 Å². The molecule has 0 bridgehead atoms. The number of anilines is 1. The minimum absolute atomic E-state index is 0.134. The maximum atomic E-state index is 12.2. The number of esters is 1. The number of rotatable bonds is 8. The second kappa shape index (κ2) is 8.93. The van der Waals surface area contributed by atoms with E-state index in [0.717, 1.165) is 23.5 Å². The van der Waals surface area contributed by atoms with Crippen LogP contribution in [0.25, 0.3) is 0 Å². The minimum Gasteiger partial charge on any atom is -0.461 e. The van der Waals surface area contributed by atoms with Crippen molar-refractivity contribution < 1.29 is 14.3 Å². The van der Waals surface area contributed by atoms with Gasteiger partial charge in [0.15, 0.2) is 10.8 Å². The quantitative estimate of drug-likeness (QED) is 0.712. The van der Waals surface area contributed by atoms with Crippen LogP contribution >= 0.6 is 11.3 Å². The number of carbonyl (C=O) groups excluding carboxylic acids is 2. The van der Waals surface area contributed by atoms with E-state index in [-0.39, 0.29) is 11.6 Å². The molecule has 0 radical (unpaired) electrons. The van der Waals surface area contributed by atoms with Gasteiger partial charge in [-0.1, -0.05) is 13.8 Å². The number of ether oxygens (including phenoxy) is 1. The molecule has 0 aliphatic heterocycles. The average Bonchev–Trinajstić information content (AvgIpc) is 3.11. The number of nitrogens with one attached hydrogen (secondary N) is 1. The Morgan fingerprint density at radius 2 is 2.08 bits per heavy atom. The van der Waals surface area contributed by atoms with Crippen LogP contribution < -0.4 is 5.32 Å². The highest BCUT2D eigenvalue weighted by Gasteiger charge is 2.16. The topological polar surface area (TPSA) is 86.1 Å². The lowest BCUT2D eigenvalue weighted by molar-refractivity contribution is -0.116. The Morgan fingerprint density at radius 1 is 1.35 bits per heavy atom. The van der Waals surface area contributed by atoms with E-state index >= 15 is 0 Å². The third kappa shape index (κ3) is 5.14. The summed E-state index contributed by atoms with van der Waals surface area (Å²) in [6, 6.07) is 0. The number of aryl methyl sites for hydroxylation is 1. The highest BCUT2D eigenvalue weighted by Crippen LogP contribution is 2.19. The van der Waals surface area contributed by atoms with E-state index in [2.05, 4.69) is 29.2 Å². The van der Waals surface area contributed by atoms with Gasteiger partial charge >= 0.3 is 5.97 Å². The van der Waals surface area contributed by atoms with Gasteiger partial charge in [-0.05, 0) is 38.7 Å². The van der Waals surface area contributed by atoms with Crippen LogP contribution in [-0.4, -0.2) is 33.2 Å². The van der Waals surface area contributed by atoms with Crippen LogP contribution in [0, 0.1) is 19.8 Å². The molecule has 0 saturated heterocycles. The molecule has 1 amide bonds. The Morgan fingerprint density at radius 3 is 2.73 bits per heavy atom. The highest BCUT2D eigenvalue weighted by atomic mass is 32.1. The van der Waals surface area contributed by atoms with Crippen molar-refractivity contribution in [2.45, 2.75) is 54.0 Å². The molecule has 0 aliphatic carbocycles. The molecule has 142 valence electrons. The Bertz CT molecular complexity index is 779. The van der Waals surface area contributed by atoms with Crippen molar-refractivity contribution >= 4 is 28.3 Å². The van der Waals surface area contributed by atoms with Crippen molar-refractivity contribution in [2.24, 2.45) is 5.92 Å². The lowest BCUT2D eigenvalue weighted by Gasteiger charge is -2.08. The van der Waals surface area contributed by atoms with Crippen LogP contribution in [0.3, 0.4) is 0 Å². The first-order chi connectivity index (χ1) is 12.3. The molecule has 2 aromatic heterocycles.